The molecule has 0 radical (unpaired) electrons. The molecular formula is C18H21ClN4O. The maximum atomic E-state index is 11.9. The van der Waals surface area contributed by atoms with E-state index in [0.717, 1.165) is 42.4 Å². The molecule has 0 saturated carbocycles. The topological polar surface area (TPSA) is 57.6 Å². The number of hydrogen-bond acceptors (Lipinski definition) is 4. The van der Waals surface area contributed by atoms with Gasteiger partial charge in [-0.3, -0.25) is 9.69 Å². The molecule has 1 amide bonds. The summed E-state index contributed by atoms with van der Waals surface area (Å²) in [6.45, 7) is 4.39. The number of hydrazone groups is 1. The lowest BCUT2D eigenvalue weighted by Crippen LogP contribution is -2.38. The molecule has 126 valence electrons. The van der Waals surface area contributed by atoms with Gasteiger partial charge in [0.05, 0.1) is 18.3 Å². The second-order valence-corrected chi connectivity index (χ2v) is 6.55. The van der Waals surface area contributed by atoms with Gasteiger partial charge < -0.3 is 0 Å². The van der Waals surface area contributed by atoms with Gasteiger partial charge in [-0.2, -0.15) is 5.10 Å². The third-order valence-electron chi connectivity index (χ3n) is 4.16. The Balaban J connectivity index is 1.64. The van der Waals surface area contributed by atoms with E-state index in [9.17, 15) is 4.79 Å². The Morgan fingerprint density at radius 2 is 2.12 bits per heavy atom. The maximum absolute atomic E-state index is 11.9. The van der Waals surface area contributed by atoms with Crippen molar-refractivity contribution in [2.24, 2.45) is 5.10 Å². The normalized spacial score (nSPS) is 15.9. The summed E-state index contributed by atoms with van der Waals surface area (Å²) in [6.07, 6.45) is 5.12. The number of aromatic nitrogens is 1. The van der Waals surface area contributed by atoms with Gasteiger partial charge in [0.25, 0.3) is 5.91 Å². The van der Waals surface area contributed by atoms with E-state index in [1.807, 2.05) is 31.2 Å². The Morgan fingerprint density at radius 1 is 1.33 bits per heavy atom. The zero-order valence-corrected chi connectivity index (χ0v) is 14.5. The molecule has 3 rings (SSSR count). The van der Waals surface area contributed by atoms with E-state index in [0.29, 0.717) is 17.3 Å². The molecule has 5 nitrogen and oxygen atoms in total. The highest BCUT2D eigenvalue weighted by Gasteiger charge is 2.13. The molecule has 24 heavy (non-hydrogen) atoms. The maximum Gasteiger partial charge on any atom is 0.254 e. The average Bonchev–Trinajstić information content (AvgIpc) is 2.56. The highest BCUT2D eigenvalue weighted by atomic mass is 35.5. The molecule has 1 saturated heterocycles. The first kappa shape index (κ1) is 16.9. The summed E-state index contributed by atoms with van der Waals surface area (Å²) in [5, 5.41) is 5.40. The van der Waals surface area contributed by atoms with E-state index in [4.69, 9.17) is 11.6 Å². The Kier molecular flexibility index (Phi) is 5.43. The lowest BCUT2D eigenvalue weighted by Gasteiger charge is -2.25. The van der Waals surface area contributed by atoms with Gasteiger partial charge in [0.2, 0.25) is 0 Å². The Morgan fingerprint density at radius 3 is 2.92 bits per heavy atom. The van der Waals surface area contributed by atoms with Crippen molar-refractivity contribution < 1.29 is 4.79 Å². The number of nitrogens with one attached hydrogen (secondary N) is 1. The number of halogens is 1. The highest BCUT2D eigenvalue weighted by molar-refractivity contribution is 6.32. The third kappa shape index (κ3) is 4.30. The van der Waals surface area contributed by atoms with Gasteiger partial charge >= 0.3 is 0 Å². The molecule has 1 N–H and O–H groups in total. The molecule has 1 aromatic heterocycles. The van der Waals surface area contributed by atoms with Crippen molar-refractivity contribution in [3.63, 3.8) is 0 Å². The quantitative estimate of drug-likeness (QED) is 0.526. The van der Waals surface area contributed by atoms with Crippen molar-refractivity contribution in [1.82, 2.24) is 15.3 Å². The van der Waals surface area contributed by atoms with Gasteiger partial charge in [0.15, 0.2) is 0 Å². The minimum Gasteiger partial charge on any atom is -0.294 e. The standard InChI is InChI=1S/C18H21ClN4O/c1-13-5-6-16-14(9-13)10-15(18(19)21-16)11-20-22-17(24)12-23-7-3-2-4-8-23/h5-6,9-11H,2-4,7-8,12H2,1H3,(H,22,24). The first-order chi connectivity index (χ1) is 11.6. The molecule has 1 aliphatic heterocycles. The number of aryl methyl sites for hydroxylation is 1. The summed E-state index contributed by atoms with van der Waals surface area (Å²) in [4.78, 5) is 18.4. The SMILES string of the molecule is Cc1ccc2nc(Cl)c(C=NNC(=O)CN3CCCCC3)cc2c1. The van der Waals surface area contributed by atoms with Crippen LogP contribution in [0.4, 0.5) is 0 Å². The van der Waals surface area contributed by atoms with Crippen molar-refractivity contribution in [1.29, 1.82) is 0 Å². The first-order valence-corrected chi connectivity index (χ1v) is 8.61. The summed E-state index contributed by atoms with van der Waals surface area (Å²) >= 11 is 6.19. The van der Waals surface area contributed by atoms with Crippen molar-refractivity contribution >= 4 is 34.6 Å². The van der Waals surface area contributed by atoms with Crippen LogP contribution in [0.3, 0.4) is 0 Å². The Labute approximate surface area is 146 Å². The minimum absolute atomic E-state index is 0.103. The molecule has 1 aliphatic rings. The van der Waals surface area contributed by atoms with E-state index in [2.05, 4.69) is 20.4 Å². The lowest BCUT2D eigenvalue weighted by molar-refractivity contribution is -0.122. The van der Waals surface area contributed by atoms with Crippen LogP contribution in [-0.4, -0.2) is 41.6 Å². The summed E-state index contributed by atoms with van der Waals surface area (Å²) in [6, 6.07) is 7.92. The fraction of sp³-hybridized carbons (Fsp3) is 0.389. The monoisotopic (exact) mass is 344 g/mol. The number of rotatable bonds is 4. The Bertz CT molecular complexity index is 769. The summed E-state index contributed by atoms with van der Waals surface area (Å²) in [5.74, 6) is -0.103. The molecule has 0 unspecified atom stereocenters. The molecular weight excluding hydrogens is 324 g/mol. The average molecular weight is 345 g/mol. The van der Waals surface area contributed by atoms with E-state index in [1.54, 1.807) is 6.21 Å². The molecule has 0 bridgehead atoms. The molecule has 2 aromatic rings. The zero-order chi connectivity index (χ0) is 16.9. The number of carbonyl (C=O) groups is 1. The van der Waals surface area contributed by atoms with Crippen molar-refractivity contribution in [2.75, 3.05) is 19.6 Å². The van der Waals surface area contributed by atoms with E-state index >= 15 is 0 Å². The number of pyridine rings is 1. The van der Waals surface area contributed by atoms with Crippen LogP contribution < -0.4 is 5.43 Å². The van der Waals surface area contributed by atoms with Crippen LogP contribution in [0.1, 0.15) is 30.4 Å². The van der Waals surface area contributed by atoms with Gasteiger partial charge in [-0.05, 0) is 51.1 Å². The van der Waals surface area contributed by atoms with Crippen LogP contribution in [-0.2, 0) is 4.79 Å². The molecule has 1 fully saturated rings. The summed E-state index contributed by atoms with van der Waals surface area (Å²) < 4.78 is 0. The molecule has 2 heterocycles. The fourth-order valence-electron chi connectivity index (χ4n) is 2.91. The molecule has 0 atom stereocenters. The van der Waals surface area contributed by atoms with Gasteiger partial charge in [-0.15, -0.1) is 0 Å². The summed E-state index contributed by atoms with van der Waals surface area (Å²) in [7, 11) is 0. The third-order valence-corrected chi connectivity index (χ3v) is 4.46. The zero-order valence-electron chi connectivity index (χ0n) is 13.8. The lowest BCUT2D eigenvalue weighted by atomic mass is 10.1. The van der Waals surface area contributed by atoms with Crippen molar-refractivity contribution in [3.8, 4) is 0 Å². The number of likely N-dealkylation sites (tertiary alicyclic amines) is 1. The molecule has 0 spiro atoms. The fourth-order valence-corrected chi connectivity index (χ4v) is 3.10. The number of benzene rings is 1. The number of hydrogen-bond donors (Lipinski definition) is 1. The van der Waals surface area contributed by atoms with Crippen LogP contribution in [0.25, 0.3) is 10.9 Å². The van der Waals surface area contributed by atoms with Crippen molar-refractivity contribution in [2.45, 2.75) is 26.2 Å². The predicted octanol–water partition coefficient (Wildman–Crippen LogP) is 3.13. The summed E-state index contributed by atoms with van der Waals surface area (Å²) in [5.41, 5.74) is 5.26. The van der Waals surface area contributed by atoms with Gasteiger partial charge in [-0.1, -0.05) is 29.7 Å². The number of carbonyl (C=O) groups excluding carboxylic acids is 1. The van der Waals surface area contributed by atoms with E-state index < -0.39 is 0 Å². The number of piperidine rings is 1. The number of amides is 1. The van der Waals surface area contributed by atoms with Gasteiger partial charge in [0, 0.05) is 10.9 Å². The minimum atomic E-state index is -0.103. The number of nitrogens with zero attached hydrogens (tertiary/aromatic N) is 3. The van der Waals surface area contributed by atoms with Gasteiger partial charge in [0.1, 0.15) is 5.15 Å². The predicted molar refractivity (Wildman–Crippen MR) is 97.5 cm³/mol. The van der Waals surface area contributed by atoms with Crippen molar-refractivity contribution in [3.05, 3.63) is 40.5 Å². The second kappa shape index (κ2) is 7.73. The van der Waals surface area contributed by atoms with Crippen LogP contribution >= 0.6 is 11.6 Å². The highest BCUT2D eigenvalue weighted by Crippen LogP contribution is 2.20. The van der Waals surface area contributed by atoms with Crippen LogP contribution in [0.2, 0.25) is 5.15 Å². The Hall–Kier alpha value is -1.98. The van der Waals surface area contributed by atoms with E-state index in [-0.39, 0.29) is 5.91 Å². The van der Waals surface area contributed by atoms with Crippen LogP contribution in [0, 0.1) is 6.92 Å². The molecule has 6 heteroatoms. The number of fused-ring (bicyclic) bond motifs is 1. The molecule has 0 aliphatic carbocycles. The molecule has 1 aromatic carbocycles. The second-order valence-electron chi connectivity index (χ2n) is 6.19. The van der Waals surface area contributed by atoms with Crippen LogP contribution in [0.15, 0.2) is 29.4 Å². The largest absolute Gasteiger partial charge is 0.294 e. The van der Waals surface area contributed by atoms with Crippen LogP contribution in [0.5, 0.6) is 0 Å². The first-order valence-electron chi connectivity index (χ1n) is 8.23. The smallest absolute Gasteiger partial charge is 0.254 e. The van der Waals surface area contributed by atoms with E-state index in [1.165, 1.54) is 6.42 Å². The van der Waals surface area contributed by atoms with Gasteiger partial charge in [-0.25, -0.2) is 10.4 Å².